The first-order chi connectivity index (χ1) is 3.81. The maximum absolute atomic E-state index is 5.03. The van der Waals surface area contributed by atoms with Gasteiger partial charge < -0.3 is 13.6 Å². The van der Waals surface area contributed by atoms with E-state index >= 15 is 0 Å². The third-order valence-corrected chi connectivity index (χ3v) is 2.02. The van der Waals surface area contributed by atoms with Gasteiger partial charge in [-0.1, -0.05) is 0 Å². The summed E-state index contributed by atoms with van der Waals surface area (Å²) in [5, 5.41) is 0. The standard InChI is InChI=1S/C4H12O3Si/c1-5-4-7-8(3)6-2/h8H,4H2,1-3H3. The van der Waals surface area contributed by atoms with Crippen LogP contribution in [0.4, 0.5) is 0 Å². The van der Waals surface area contributed by atoms with E-state index in [1.54, 1.807) is 14.2 Å². The largest absolute Gasteiger partial charge is 0.400 e. The second-order valence-electron chi connectivity index (χ2n) is 1.38. The summed E-state index contributed by atoms with van der Waals surface area (Å²) < 4.78 is 14.6. The molecule has 0 saturated heterocycles. The lowest BCUT2D eigenvalue weighted by Crippen LogP contribution is -2.17. The number of hydrogen-bond acceptors (Lipinski definition) is 3. The summed E-state index contributed by atoms with van der Waals surface area (Å²) in [6.07, 6.45) is 0. The lowest BCUT2D eigenvalue weighted by atomic mass is 11.4. The summed E-state index contributed by atoms with van der Waals surface area (Å²) in [5.41, 5.74) is 0. The molecule has 0 aromatic carbocycles. The Labute approximate surface area is 51.4 Å². The van der Waals surface area contributed by atoms with Crippen LogP contribution in [0.5, 0.6) is 0 Å². The highest BCUT2D eigenvalue weighted by Crippen LogP contribution is 1.83. The van der Waals surface area contributed by atoms with Gasteiger partial charge in [0.25, 0.3) is 0 Å². The topological polar surface area (TPSA) is 27.7 Å². The van der Waals surface area contributed by atoms with E-state index in [2.05, 4.69) is 4.74 Å². The average Bonchev–Trinajstić information content (AvgIpc) is 1.83. The van der Waals surface area contributed by atoms with Crippen LogP contribution in [0.25, 0.3) is 0 Å². The molecule has 0 radical (unpaired) electrons. The average molecular weight is 136 g/mol. The molecule has 1 unspecified atom stereocenters. The minimum Gasteiger partial charge on any atom is -0.400 e. The first-order valence-electron chi connectivity index (χ1n) is 2.44. The van der Waals surface area contributed by atoms with Gasteiger partial charge in [-0.2, -0.15) is 0 Å². The quantitative estimate of drug-likeness (QED) is 0.405. The number of hydrogen-bond donors (Lipinski definition) is 0. The van der Waals surface area contributed by atoms with Crippen molar-refractivity contribution in [1.29, 1.82) is 0 Å². The van der Waals surface area contributed by atoms with Gasteiger partial charge in [-0.25, -0.2) is 0 Å². The van der Waals surface area contributed by atoms with Crippen molar-refractivity contribution in [2.75, 3.05) is 21.0 Å². The molecule has 8 heavy (non-hydrogen) atoms. The molecule has 1 atom stereocenters. The summed E-state index contributed by atoms with van der Waals surface area (Å²) in [5.74, 6) is 0. The van der Waals surface area contributed by atoms with E-state index in [1.165, 1.54) is 0 Å². The molecule has 3 nitrogen and oxygen atoms in total. The predicted octanol–water partition coefficient (Wildman–Crippen LogP) is 0.104. The van der Waals surface area contributed by atoms with Crippen LogP contribution >= 0.6 is 0 Å². The molecule has 0 aliphatic rings. The van der Waals surface area contributed by atoms with E-state index in [1.807, 2.05) is 6.55 Å². The molecule has 0 aliphatic carbocycles. The first-order valence-corrected chi connectivity index (χ1v) is 4.54. The third-order valence-electron chi connectivity index (χ3n) is 0.753. The van der Waals surface area contributed by atoms with E-state index in [-0.39, 0.29) is 0 Å². The fraction of sp³-hybridized carbons (Fsp3) is 1.00. The minimum absolute atomic E-state index is 0.348. The summed E-state index contributed by atoms with van der Waals surface area (Å²) >= 11 is 0. The number of rotatable bonds is 4. The van der Waals surface area contributed by atoms with Crippen LogP contribution < -0.4 is 0 Å². The molecule has 4 heteroatoms. The summed E-state index contributed by atoms with van der Waals surface area (Å²) in [6.45, 7) is 2.29. The van der Waals surface area contributed by atoms with E-state index in [9.17, 15) is 0 Å². The van der Waals surface area contributed by atoms with E-state index in [0.29, 0.717) is 6.79 Å². The van der Waals surface area contributed by atoms with Crippen molar-refractivity contribution in [1.82, 2.24) is 0 Å². The van der Waals surface area contributed by atoms with Crippen LogP contribution in [-0.2, 0) is 13.6 Å². The maximum atomic E-state index is 5.03. The van der Waals surface area contributed by atoms with Crippen molar-refractivity contribution in [2.24, 2.45) is 0 Å². The predicted molar refractivity (Wildman–Crippen MR) is 33.0 cm³/mol. The SMILES string of the molecule is COCO[SiH](C)OC. The molecule has 0 N–H and O–H groups in total. The van der Waals surface area contributed by atoms with Crippen molar-refractivity contribution < 1.29 is 13.6 Å². The Morgan fingerprint density at radius 2 is 2.00 bits per heavy atom. The molecule has 50 valence electrons. The Hall–Kier alpha value is 0.0969. The van der Waals surface area contributed by atoms with Crippen LogP contribution in [0, 0.1) is 0 Å². The smallest absolute Gasteiger partial charge is 0.319 e. The molecule has 0 fully saturated rings. The molecular weight excluding hydrogens is 124 g/mol. The van der Waals surface area contributed by atoms with Crippen molar-refractivity contribution in [3.05, 3.63) is 0 Å². The third kappa shape index (κ3) is 4.26. The molecule has 0 aromatic heterocycles. The molecule has 0 saturated carbocycles. The zero-order valence-corrected chi connectivity index (χ0v) is 6.66. The van der Waals surface area contributed by atoms with E-state index in [0.717, 1.165) is 0 Å². The Morgan fingerprint density at radius 3 is 2.38 bits per heavy atom. The van der Waals surface area contributed by atoms with Gasteiger partial charge >= 0.3 is 9.28 Å². The molecule has 0 heterocycles. The molecule has 0 aliphatic heterocycles. The molecule has 0 amide bonds. The highest BCUT2D eigenvalue weighted by molar-refractivity contribution is 6.42. The molecular formula is C4H12O3Si. The molecule has 0 rings (SSSR count). The van der Waals surface area contributed by atoms with Gasteiger partial charge in [0.1, 0.15) is 6.79 Å². The monoisotopic (exact) mass is 136 g/mol. The zero-order valence-electron chi connectivity index (χ0n) is 5.51. The second-order valence-corrected chi connectivity index (χ2v) is 3.32. The van der Waals surface area contributed by atoms with Gasteiger partial charge in [-0.15, -0.1) is 0 Å². The minimum atomic E-state index is -1.32. The van der Waals surface area contributed by atoms with Crippen LogP contribution in [0.15, 0.2) is 0 Å². The Morgan fingerprint density at radius 1 is 1.38 bits per heavy atom. The van der Waals surface area contributed by atoms with Crippen molar-refractivity contribution in [3.8, 4) is 0 Å². The number of ether oxygens (including phenoxy) is 1. The highest BCUT2D eigenvalue weighted by atomic mass is 28.3. The second kappa shape index (κ2) is 5.24. The fourth-order valence-electron chi connectivity index (χ4n) is 0.232. The maximum Gasteiger partial charge on any atom is 0.319 e. The lowest BCUT2D eigenvalue weighted by molar-refractivity contribution is 0.0339. The summed E-state index contributed by atoms with van der Waals surface area (Å²) in [6, 6.07) is 0. The Kier molecular flexibility index (Phi) is 5.30. The van der Waals surface area contributed by atoms with Crippen LogP contribution in [0.3, 0.4) is 0 Å². The number of methoxy groups -OCH3 is 1. The van der Waals surface area contributed by atoms with Crippen LogP contribution in [-0.4, -0.2) is 30.3 Å². The summed E-state index contributed by atoms with van der Waals surface area (Å²) in [7, 11) is 1.92. The van der Waals surface area contributed by atoms with Crippen LogP contribution in [0.1, 0.15) is 0 Å². The van der Waals surface area contributed by atoms with Gasteiger partial charge in [0.05, 0.1) is 0 Å². The Bertz CT molecular complexity index is 50.5. The highest BCUT2D eigenvalue weighted by Gasteiger charge is 1.99. The van der Waals surface area contributed by atoms with Crippen molar-refractivity contribution in [3.63, 3.8) is 0 Å². The van der Waals surface area contributed by atoms with E-state index in [4.69, 9.17) is 8.85 Å². The van der Waals surface area contributed by atoms with E-state index < -0.39 is 9.28 Å². The van der Waals surface area contributed by atoms with Gasteiger partial charge in [-0.3, -0.25) is 0 Å². The van der Waals surface area contributed by atoms with Gasteiger partial charge in [-0.05, 0) is 6.55 Å². The van der Waals surface area contributed by atoms with Gasteiger partial charge in [0, 0.05) is 14.2 Å². The molecule has 0 aromatic rings. The molecule has 0 bridgehead atoms. The molecule has 0 spiro atoms. The lowest BCUT2D eigenvalue weighted by Gasteiger charge is -2.06. The first kappa shape index (κ1) is 8.10. The van der Waals surface area contributed by atoms with Crippen LogP contribution in [0.2, 0.25) is 6.55 Å². The Balaban J connectivity index is 2.86. The summed E-state index contributed by atoms with van der Waals surface area (Å²) in [4.78, 5) is 0. The van der Waals surface area contributed by atoms with Crippen molar-refractivity contribution >= 4 is 9.28 Å². The normalized spacial score (nSPS) is 13.9. The van der Waals surface area contributed by atoms with Crippen molar-refractivity contribution in [2.45, 2.75) is 6.55 Å². The van der Waals surface area contributed by atoms with Gasteiger partial charge in [0.2, 0.25) is 0 Å². The fourth-order valence-corrected chi connectivity index (χ4v) is 0.696. The zero-order chi connectivity index (χ0) is 6.41. The van der Waals surface area contributed by atoms with Gasteiger partial charge in [0.15, 0.2) is 0 Å².